The predicted molar refractivity (Wildman–Crippen MR) is 20.8 cm³/mol. The van der Waals surface area contributed by atoms with Crippen molar-refractivity contribution in [2.24, 2.45) is 0 Å². The molecule has 0 rings (SSSR count). The van der Waals surface area contributed by atoms with Gasteiger partial charge in [-0.05, 0) is 0 Å². The molecule has 0 aromatic heterocycles. The van der Waals surface area contributed by atoms with E-state index < -0.39 is 0 Å². The minimum atomic E-state index is 0.995. The van der Waals surface area contributed by atoms with Crippen molar-refractivity contribution >= 4 is 49.0 Å². The zero-order valence-electron chi connectivity index (χ0n) is 2.99. The van der Waals surface area contributed by atoms with Crippen molar-refractivity contribution in [1.29, 1.82) is 0 Å². The van der Waals surface area contributed by atoms with Gasteiger partial charge in [-0.3, -0.25) is 0 Å². The van der Waals surface area contributed by atoms with Crippen molar-refractivity contribution in [2.45, 2.75) is 0.515 Å². The van der Waals surface area contributed by atoms with Gasteiger partial charge in [-0.1, -0.05) is 0 Å². The molecule has 18 valence electrons. The van der Waals surface area contributed by atoms with Crippen LogP contribution in [-0.2, 0) is 0 Å². The Morgan fingerprint density at radius 1 is 2.00 bits per heavy atom. The Bertz CT molecular complexity index is 17.2. The summed E-state index contributed by atoms with van der Waals surface area (Å²) in [6, 6.07) is 0. The van der Waals surface area contributed by atoms with E-state index in [1.807, 2.05) is 6.08 Å². The van der Waals surface area contributed by atoms with Gasteiger partial charge in [0.1, 0.15) is 0 Å². The molecule has 0 aliphatic carbocycles. The van der Waals surface area contributed by atoms with Gasteiger partial charge in [0.2, 0.25) is 0 Å². The third kappa shape index (κ3) is 3.38. The Kier molecular flexibility index (Phi) is 5.88. The maximum atomic E-state index is 3.53. The van der Waals surface area contributed by atoms with Gasteiger partial charge >= 0.3 is 62.1 Å². The van der Waals surface area contributed by atoms with Crippen molar-refractivity contribution in [3.8, 4) is 0 Å². The minimum absolute atomic E-state index is 0.995. The van der Waals surface area contributed by atoms with E-state index in [1.165, 1.54) is 0.515 Å². The molecule has 0 radical (unpaired) electrons. The fraction of sp³-hybridized carbons (Fsp3) is 0.333. The van der Waals surface area contributed by atoms with Crippen molar-refractivity contribution in [2.75, 3.05) is 0 Å². The Morgan fingerprint density at radius 3 is 2.25 bits per heavy atom. The second-order valence-electron chi connectivity index (χ2n) is 0.697. The van der Waals surface area contributed by atoms with E-state index in [0.29, 0.717) is 0 Å². The quantitative estimate of drug-likeness (QED) is 0.322. The predicted octanol–water partition coefficient (Wildman–Crippen LogP) is 0.759. The van der Waals surface area contributed by atoms with E-state index in [-0.39, 0.29) is 0 Å². The maximum absolute atomic E-state index is 3.53. The Labute approximate surface area is 60.9 Å². The number of hydrogen-bond acceptors (Lipinski definition) is 0. The SMILES string of the molecule is C=C[CH2][K]. The Morgan fingerprint density at radius 2 is 2.25 bits per heavy atom. The molecular formula is C3H5K. The number of rotatable bonds is 1. The number of allylic oxidation sites excluding steroid dienone is 1. The van der Waals surface area contributed by atoms with Crippen LogP contribution >= 0.6 is 0 Å². The normalized spacial score (nSPS) is 6.50. The zero-order valence-corrected chi connectivity index (χ0v) is 6.11. The van der Waals surface area contributed by atoms with Gasteiger partial charge in [0, 0.05) is 0 Å². The van der Waals surface area contributed by atoms with Gasteiger partial charge in [-0.25, -0.2) is 0 Å². The molecule has 0 nitrogen and oxygen atoms in total. The van der Waals surface area contributed by atoms with Gasteiger partial charge in [0.25, 0.3) is 0 Å². The second kappa shape index (κ2) is 4.38. The van der Waals surface area contributed by atoms with E-state index >= 15 is 0 Å². The molecule has 0 heterocycles. The fourth-order valence-corrected chi connectivity index (χ4v) is 0. The Balaban J connectivity index is 2.30. The Hall–Kier alpha value is 1.38. The molecule has 4 heavy (non-hydrogen) atoms. The molecule has 0 saturated carbocycles. The summed E-state index contributed by atoms with van der Waals surface area (Å²) in [5.74, 6) is 0. The van der Waals surface area contributed by atoms with Crippen LogP contribution in [-0.4, -0.2) is 49.0 Å². The molecule has 0 amide bonds. The summed E-state index contributed by atoms with van der Waals surface area (Å²) >= 11 is 0.995. The number of hydrogen-bond donors (Lipinski definition) is 0. The fourth-order valence-electron chi connectivity index (χ4n) is 0. The molecule has 0 bridgehead atoms. The summed E-state index contributed by atoms with van der Waals surface area (Å²) in [5, 5.41) is 0. The van der Waals surface area contributed by atoms with Crippen molar-refractivity contribution in [3.05, 3.63) is 12.7 Å². The molecule has 0 spiro atoms. The van der Waals surface area contributed by atoms with E-state index in [2.05, 4.69) is 6.58 Å². The van der Waals surface area contributed by atoms with Gasteiger partial charge in [-0.2, -0.15) is 0 Å². The second-order valence-corrected chi connectivity index (χ2v) is 1.97. The topological polar surface area (TPSA) is 0 Å². The van der Waals surface area contributed by atoms with Crippen LogP contribution in [0.4, 0.5) is 0 Å². The van der Waals surface area contributed by atoms with Crippen LogP contribution in [0.5, 0.6) is 0 Å². The zero-order chi connectivity index (χ0) is 3.41. The molecule has 1 heteroatoms. The van der Waals surface area contributed by atoms with Gasteiger partial charge in [-0.15, -0.1) is 0 Å². The van der Waals surface area contributed by atoms with Gasteiger partial charge < -0.3 is 0 Å². The molecule has 0 aliphatic rings. The summed E-state index contributed by atoms with van der Waals surface area (Å²) < 4.78 is 1.27. The van der Waals surface area contributed by atoms with Crippen LogP contribution in [0.15, 0.2) is 12.7 Å². The van der Waals surface area contributed by atoms with Crippen LogP contribution in [0.1, 0.15) is 0 Å². The molecule has 0 atom stereocenters. The summed E-state index contributed by atoms with van der Waals surface area (Å²) in [7, 11) is 0. The standard InChI is InChI=1S/C3H5.K/c1-3-2;/h3H,1-2H2;. The average Bonchev–Trinajstić information content (AvgIpc) is 1.37. The molecule has 0 fully saturated rings. The first-order valence-electron chi connectivity index (χ1n) is 1.52. The van der Waals surface area contributed by atoms with E-state index in [0.717, 1.165) is 49.0 Å². The summed E-state index contributed by atoms with van der Waals surface area (Å²) in [6.45, 7) is 3.53. The van der Waals surface area contributed by atoms with Crippen LogP contribution in [0.3, 0.4) is 0 Å². The summed E-state index contributed by atoms with van der Waals surface area (Å²) in [6.07, 6.45) is 1.96. The van der Waals surface area contributed by atoms with Gasteiger partial charge in [0.05, 0.1) is 0 Å². The molecular weight excluding hydrogens is 75.1 g/mol. The van der Waals surface area contributed by atoms with Crippen LogP contribution < -0.4 is 0 Å². The first-order chi connectivity index (χ1) is 1.91. The molecule has 0 aromatic carbocycles. The van der Waals surface area contributed by atoms with Crippen molar-refractivity contribution in [3.63, 3.8) is 0 Å². The average molecular weight is 80.2 g/mol. The third-order valence-corrected chi connectivity index (χ3v) is 1.19. The third-order valence-electron chi connectivity index (χ3n) is 0.289. The molecule has 0 N–H and O–H groups in total. The van der Waals surface area contributed by atoms with E-state index in [9.17, 15) is 0 Å². The molecule has 0 unspecified atom stereocenters. The van der Waals surface area contributed by atoms with Crippen LogP contribution in [0.25, 0.3) is 0 Å². The molecule has 0 aromatic rings. The monoisotopic (exact) mass is 80.0 g/mol. The van der Waals surface area contributed by atoms with Crippen molar-refractivity contribution < 1.29 is 0 Å². The van der Waals surface area contributed by atoms with Gasteiger partial charge in [0.15, 0.2) is 0 Å². The molecule has 0 aliphatic heterocycles. The first kappa shape index (κ1) is 5.38. The van der Waals surface area contributed by atoms with Crippen molar-refractivity contribution in [1.82, 2.24) is 0 Å². The van der Waals surface area contributed by atoms with Crippen LogP contribution in [0, 0.1) is 0 Å². The summed E-state index contributed by atoms with van der Waals surface area (Å²) in [4.78, 5) is 0. The molecule has 0 saturated heterocycles. The van der Waals surface area contributed by atoms with Crippen LogP contribution in [0.2, 0.25) is 0.515 Å². The summed E-state index contributed by atoms with van der Waals surface area (Å²) in [5.41, 5.74) is 0. The first-order valence-corrected chi connectivity index (χ1v) is 3.73. The van der Waals surface area contributed by atoms with E-state index in [4.69, 9.17) is 0 Å². The van der Waals surface area contributed by atoms with E-state index in [1.54, 1.807) is 0 Å².